The summed E-state index contributed by atoms with van der Waals surface area (Å²) in [4.78, 5) is 3.65. The number of aryl methyl sites for hydroxylation is 2. The zero-order chi connectivity index (χ0) is 19.4. The van der Waals surface area contributed by atoms with Gasteiger partial charge in [-0.15, -0.1) is 6.58 Å². The summed E-state index contributed by atoms with van der Waals surface area (Å²) in [5.41, 5.74) is 6.46. The molecule has 2 nitrogen and oxygen atoms in total. The van der Waals surface area contributed by atoms with E-state index in [1.54, 1.807) is 0 Å². The van der Waals surface area contributed by atoms with E-state index >= 15 is 0 Å². The van der Waals surface area contributed by atoms with E-state index in [4.69, 9.17) is 0 Å². The van der Waals surface area contributed by atoms with Crippen LogP contribution in [0, 0.1) is 6.92 Å². The van der Waals surface area contributed by atoms with Crippen molar-refractivity contribution in [3.63, 3.8) is 0 Å². The van der Waals surface area contributed by atoms with E-state index in [-0.39, 0.29) is 5.41 Å². The molecule has 3 rings (SSSR count). The van der Waals surface area contributed by atoms with Crippen LogP contribution in [0.1, 0.15) is 42.7 Å². The zero-order valence-electron chi connectivity index (χ0n) is 16.5. The minimum absolute atomic E-state index is 0.0733. The third-order valence-corrected chi connectivity index (χ3v) is 5.75. The molecule has 2 N–H and O–H groups in total. The molecule has 0 unspecified atom stereocenters. The highest BCUT2D eigenvalue weighted by atomic mass is 79.9. The van der Waals surface area contributed by atoms with Crippen LogP contribution < -0.4 is 5.32 Å². The maximum Gasteiger partial charge on any atom is 0.0470 e. The van der Waals surface area contributed by atoms with Crippen LogP contribution in [0.5, 0.6) is 0 Å². The smallest absolute Gasteiger partial charge is 0.0470 e. The molecule has 0 aliphatic carbocycles. The van der Waals surface area contributed by atoms with Crippen molar-refractivity contribution >= 4 is 26.8 Å². The third kappa shape index (κ3) is 4.72. The Kier molecular flexibility index (Phi) is 6.23. The van der Waals surface area contributed by atoms with Crippen LogP contribution in [0.25, 0.3) is 10.9 Å². The molecule has 27 heavy (non-hydrogen) atoms. The molecule has 0 aliphatic heterocycles. The Morgan fingerprint density at radius 2 is 1.89 bits per heavy atom. The monoisotopic (exact) mass is 424 g/mol. The number of hydrogen-bond acceptors (Lipinski definition) is 1. The van der Waals surface area contributed by atoms with Gasteiger partial charge in [-0.2, -0.15) is 0 Å². The van der Waals surface area contributed by atoms with E-state index in [1.165, 1.54) is 33.3 Å². The van der Waals surface area contributed by atoms with E-state index in [1.807, 2.05) is 6.08 Å². The van der Waals surface area contributed by atoms with Gasteiger partial charge in [0.2, 0.25) is 0 Å². The van der Waals surface area contributed by atoms with Crippen molar-refractivity contribution in [3.05, 3.63) is 82.0 Å². The molecule has 1 heterocycles. The summed E-state index contributed by atoms with van der Waals surface area (Å²) in [6.45, 7) is 12.5. The average molecular weight is 425 g/mol. The van der Waals surface area contributed by atoms with Gasteiger partial charge in [-0.3, -0.25) is 0 Å². The number of aromatic nitrogens is 1. The first kappa shape index (κ1) is 19.9. The van der Waals surface area contributed by atoms with E-state index in [0.717, 1.165) is 30.4 Å². The van der Waals surface area contributed by atoms with E-state index in [0.29, 0.717) is 0 Å². The zero-order valence-corrected chi connectivity index (χ0v) is 18.1. The first-order valence-electron chi connectivity index (χ1n) is 9.61. The van der Waals surface area contributed by atoms with Crippen LogP contribution in [0.4, 0.5) is 0 Å². The van der Waals surface area contributed by atoms with Crippen LogP contribution in [0.15, 0.2) is 59.6 Å². The molecule has 0 spiro atoms. The summed E-state index contributed by atoms with van der Waals surface area (Å²) in [6.07, 6.45) is 4.19. The Morgan fingerprint density at radius 3 is 2.59 bits per heavy atom. The van der Waals surface area contributed by atoms with E-state index in [9.17, 15) is 0 Å². The number of benzene rings is 2. The van der Waals surface area contributed by atoms with Crippen LogP contribution in [0.3, 0.4) is 0 Å². The fourth-order valence-corrected chi connectivity index (χ4v) is 3.83. The van der Waals surface area contributed by atoms with Gasteiger partial charge in [-0.05, 0) is 49.6 Å². The second-order valence-corrected chi connectivity index (χ2v) is 8.78. The van der Waals surface area contributed by atoms with Crippen molar-refractivity contribution < 1.29 is 0 Å². The van der Waals surface area contributed by atoms with Gasteiger partial charge in [-0.1, -0.05) is 71.7 Å². The van der Waals surface area contributed by atoms with E-state index in [2.05, 4.69) is 96.0 Å². The molecule has 0 radical (unpaired) electrons. The van der Waals surface area contributed by atoms with Crippen molar-refractivity contribution in [2.75, 3.05) is 6.54 Å². The first-order valence-corrected chi connectivity index (χ1v) is 10.4. The standard InChI is InChI=1S/C24H29BrN2/c1-5-24(3,4)23-21(20-13-12-19(25)15-22(20)27-23)7-6-14-26-16-18-10-8-17(2)9-11-18/h5,8-13,15,26-27H,1,6-7,14,16H2,2-4H3. The van der Waals surface area contributed by atoms with Crippen LogP contribution in [-0.4, -0.2) is 11.5 Å². The number of allylic oxidation sites excluding steroid dienone is 1. The quantitative estimate of drug-likeness (QED) is 0.316. The van der Waals surface area contributed by atoms with Crippen LogP contribution in [0.2, 0.25) is 0 Å². The largest absolute Gasteiger partial charge is 0.357 e. The highest BCUT2D eigenvalue weighted by molar-refractivity contribution is 9.10. The van der Waals surface area contributed by atoms with Gasteiger partial charge < -0.3 is 10.3 Å². The summed E-state index contributed by atoms with van der Waals surface area (Å²) < 4.78 is 1.10. The number of aromatic amines is 1. The fourth-order valence-electron chi connectivity index (χ4n) is 3.47. The Hall–Kier alpha value is -1.84. The summed E-state index contributed by atoms with van der Waals surface area (Å²) in [5.74, 6) is 0. The number of rotatable bonds is 8. The van der Waals surface area contributed by atoms with Gasteiger partial charge in [0.15, 0.2) is 0 Å². The van der Waals surface area contributed by atoms with Crippen molar-refractivity contribution in [2.24, 2.45) is 0 Å². The van der Waals surface area contributed by atoms with Gasteiger partial charge in [0.1, 0.15) is 0 Å². The lowest BCUT2D eigenvalue weighted by Gasteiger charge is -2.21. The number of fused-ring (bicyclic) bond motifs is 1. The topological polar surface area (TPSA) is 27.8 Å². The molecule has 3 heteroatoms. The predicted octanol–water partition coefficient (Wildman–Crippen LogP) is 6.42. The number of halogens is 1. The van der Waals surface area contributed by atoms with Gasteiger partial charge in [-0.25, -0.2) is 0 Å². The maximum atomic E-state index is 4.05. The minimum atomic E-state index is -0.0733. The van der Waals surface area contributed by atoms with Gasteiger partial charge in [0.25, 0.3) is 0 Å². The van der Waals surface area contributed by atoms with E-state index < -0.39 is 0 Å². The van der Waals surface area contributed by atoms with Gasteiger partial charge in [0.05, 0.1) is 0 Å². The Balaban J connectivity index is 1.69. The van der Waals surface area contributed by atoms with Crippen molar-refractivity contribution in [1.29, 1.82) is 0 Å². The Bertz CT molecular complexity index is 919. The van der Waals surface area contributed by atoms with Crippen LogP contribution in [-0.2, 0) is 18.4 Å². The molecule has 0 amide bonds. The summed E-state index contributed by atoms with van der Waals surface area (Å²) in [7, 11) is 0. The van der Waals surface area contributed by atoms with Gasteiger partial charge >= 0.3 is 0 Å². The summed E-state index contributed by atoms with van der Waals surface area (Å²) >= 11 is 3.58. The molecule has 0 fully saturated rings. The highest BCUT2D eigenvalue weighted by Gasteiger charge is 2.23. The second kappa shape index (κ2) is 8.45. The third-order valence-electron chi connectivity index (χ3n) is 5.25. The van der Waals surface area contributed by atoms with Gasteiger partial charge in [0, 0.05) is 33.0 Å². The second-order valence-electron chi connectivity index (χ2n) is 7.86. The Morgan fingerprint density at radius 1 is 1.15 bits per heavy atom. The molecular weight excluding hydrogens is 396 g/mol. The summed E-state index contributed by atoms with van der Waals surface area (Å²) in [6, 6.07) is 15.2. The highest BCUT2D eigenvalue weighted by Crippen LogP contribution is 2.34. The maximum absolute atomic E-state index is 4.05. The molecule has 2 aromatic carbocycles. The summed E-state index contributed by atoms with van der Waals surface area (Å²) in [5, 5.41) is 4.90. The normalized spacial score (nSPS) is 11.9. The molecule has 0 atom stereocenters. The number of hydrogen-bond donors (Lipinski definition) is 2. The van der Waals surface area contributed by atoms with Crippen molar-refractivity contribution in [3.8, 4) is 0 Å². The Labute approximate surface area is 171 Å². The fraction of sp³-hybridized carbons (Fsp3) is 0.333. The lowest BCUT2D eigenvalue weighted by molar-refractivity contribution is 0.621. The lowest BCUT2D eigenvalue weighted by Crippen LogP contribution is -2.18. The number of nitrogens with one attached hydrogen (secondary N) is 2. The molecule has 3 aromatic rings. The average Bonchev–Trinajstić information content (AvgIpc) is 3.01. The van der Waals surface area contributed by atoms with Crippen LogP contribution >= 0.6 is 15.9 Å². The minimum Gasteiger partial charge on any atom is -0.357 e. The number of H-pyrrole nitrogens is 1. The molecule has 0 bridgehead atoms. The van der Waals surface area contributed by atoms with Crippen molar-refractivity contribution in [1.82, 2.24) is 10.3 Å². The molecule has 0 aliphatic rings. The molecule has 0 saturated carbocycles. The lowest BCUT2D eigenvalue weighted by atomic mass is 9.85. The first-order chi connectivity index (χ1) is 12.9. The molecular formula is C24H29BrN2. The molecule has 1 aromatic heterocycles. The molecule has 142 valence electrons. The predicted molar refractivity (Wildman–Crippen MR) is 120 cm³/mol. The van der Waals surface area contributed by atoms with Crippen molar-refractivity contribution in [2.45, 2.75) is 45.6 Å². The SMILES string of the molecule is C=CC(C)(C)c1[nH]c2cc(Br)ccc2c1CCCNCc1ccc(C)cc1. The molecule has 0 saturated heterocycles.